The van der Waals surface area contributed by atoms with Gasteiger partial charge in [-0.1, -0.05) is 23.4 Å². The highest BCUT2D eigenvalue weighted by atomic mass is 35.5. The highest BCUT2D eigenvalue weighted by molar-refractivity contribution is 8.00. The van der Waals surface area contributed by atoms with E-state index in [-0.39, 0.29) is 16.7 Å². The first-order valence-electron chi connectivity index (χ1n) is 7.31. The van der Waals surface area contributed by atoms with E-state index in [0.717, 1.165) is 11.4 Å². The van der Waals surface area contributed by atoms with E-state index < -0.39 is 0 Å². The number of nitrogens with zero attached hydrogens (tertiary/aromatic N) is 3. The van der Waals surface area contributed by atoms with Crippen LogP contribution in [0.3, 0.4) is 0 Å². The molecule has 7 heteroatoms. The minimum Gasteiger partial charge on any atom is -0.351 e. The van der Waals surface area contributed by atoms with Crippen molar-refractivity contribution in [3.8, 4) is 11.4 Å². The van der Waals surface area contributed by atoms with Gasteiger partial charge >= 0.3 is 0 Å². The predicted octanol–water partition coefficient (Wildman–Crippen LogP) is 3.53. The summed E-state index contributed by atoms with van der Waals surface area (Å²) in [6, 6.07) is 7.43. The first-order valence-corrected chi connectivity index (χ1v) is 8.57. The van der Waals surface area contributed by atoms with Crippen molar-refractivity contribution in [2.75, 3.05) is 0 Å². The van der Waals surface area contributed by atoms with Gasteiger partial charge in [-0.05, 0) is 52.0 Å². The second-order valence-corrected chi connectivity index (χ2v) is 8.12. The van der Waals surface area contributed by atoms with E-state index >= 15 is 0 Å². The molecule has 0 spiro atoms. The van der Waals surface area contributed by atoms with Gasteiger partial charge in [0.15, 0.2) is 11.0 Å². The minimum atomic E-state index is -0.254. The fraction of sp³-hybridized carbons (Fsp3) is 0.438. The molecule has 0 radical (unpaired) electrons. The van der Waals surface area contributed by atoms with E-state index in [1.807, 2.05) is 63.6 Å². The number of halogens is 1. The summed E-state index contributed by atoms with van der Waals surface area (Å²) >= 11 is 7.30. The van der Waals surface area contributed by atoms with Gasteiger partial charge in [0.2, 0.25) is 5.91 Å². The highest BCUT2D eigenvalue weighted by Gasteiger charge is 2.22. The molecule has 1 aromatic carbocycles. The lowest BCUT2D eigenvalue weighted by Gasteiger charge is -2.22. The van der Waals surface area contributed by atoms with Crippen LogP contribution in [0.15, 0.2) is 29.4 Å². The van der Waals surface area contributed by atoms with Gasteiger partial charge in [-0.15, -0.1) is 10.2 Å². The fourth-order valence-electron chi connectivity index (χ4n) is 1.95. The quantitative estimate of drug-likeness (QED) is 0.855. The van der Waals surface area contributed by atoms with Crippen molar-refractivity contribution in [1.29, 1.82) is 0 Å². The monoisotopic (exact) mass is 352 g/mol. The first kappa shape index (κ1) is 17.8. The maximum atomic E-state index is 12.2. The predicted molar refractivity (Wildman–Crippen MR) is 94.7 cm³/mol. The van der Waals surface area contributed by atoms with Gasteiger partial charge in [-0.3, -0.25) is 4.79 Å². The van der Waals surface area contributed by atoms with E-state index in [2.05, 4.69) is 15.5 Å². The number of carbonyl (C=O) groups is 1. The molecule has 1 aromatic heterocycles. The normalized spacial score (nSPS) is 13.0. The Balaban J connectivity index is 2.13. The maximum absolute atomic E-state index is 12.2. The van der Waals surface area contributed by atoms with Crippen molar-refractivity contribution >= 4 is 29.3 Å². The molecule has 124 valence electrons. The van der Waals surface area contributed by atoms with E-state index in [4.69, 9.17) is 11.6 Å². The molecule has 1 heterocycles. The minimum absolute atomic E-state index is 0.0152. The van der Waals surface area contributed by atoms with Gasteiger partial charge < -0.3 is 9.88 Å². The average molecular weight is 353 g/mol. The van der Waals surface area contributed by atoms with Gasteiger partial charge in [0.25, 0.3) is 0 Å². The van der Waals surface area contributed by atoms with Crippen LogP contribution in [0.5, 0.6) is 0 Å². The van der Waals surface area contributed by atoms with Crippen molar-refractivity contribution < 1.29 is 4.79 Å². The van der Waals surface area contributed by atoms with Crippen LogP contribution in [0.25, 0.3) is 11.4 Å². The number of carbonyl (C=O) groups excluding carboxylic acids is 1. The summed E-state index contributed by atoms with van der Waals surface area (Å²) in [5, 5.41) is 12.5. The van der Waals surface area contributed by atoms with Gasteiger partial charge in [-0.25, -0.2) is 0 Å². The molecule has 1 amide bonds. The summed E-state index contributed by atoms with van der Waals surface area (Å²) in [6.45, 7) is 7.75. The molecule has 2 rings (SSSR count). The first-order chi connectivity index (χ1) is 10.7. The van der Waals surface area contributed by atoms with Gasteiger partial charge in [0.1, 0.15) is 0 Å². The van der Waals surface area contributed by atoms with Crippen LogP contribution in [0.2, 0.25) is 5.02 Å². The van der Waals surface area contributed by atoms with Gasteiger partial charge in [0, 0.05) is 23.2 Å². The van der Waals surface area contributed by atoms with Crippen LogP contribution in [0.4, 0.5) is 0 Å². The largest absolute Gasteiger partial charge is 0.351 e. The lowest BCUT2D eigenvalue weighted by Crippen LogP contribution is -2.44. The van der Waals surface area contributed by atoms with Crippen LogP contribution >= 0.6 is 23.4 Å². The summed E-state index contributed by atoms with van der Waals surface area (Å²) in [5.41, 5.74) is 0.684. The SMILES string of the molecule is CC(Sc1nnc(-c2ccc(Cl)cc2)n1C)C(=O)NC(C)(C)C. The molecule has 2 aromatic rings. The Morgan fingerprint density at radius 2 is 1.87 bits per heavy atom. The molecule has 1 atom stereocenters. The van der Waals surface area contributed by atoms with E-state index in [1.165, 1.54) is 11.8 Å². The number of hydrogen-bond acceptors (Lipinski definition) is 4. The van der Waals surface area contributed by atoms with Crippen molar-refractivity contribution in [2.45, 2.75) is 43.6 Å². The van der Waals surface area contributed by atoms with Crippen LogP contribution in [0.1, 0.15) is 27.7 Å². The Hall–Kier alpha value is -1.53. The number of thioether (sulfide) groups is 1. The third-order valence-electron chi connectivity index (χ3n) is 3.09. The molecule has 0 aliphatic carbocycles. The number of rotatable bonds is 4. The summed E-state index contributed by atoms with van der Waals surface area (Å²) in [5.74, 6) is 0.728. The molecule has 1 N–H and O–H groups in total. The highest BCUT2D eigenvalue weighted by Crippen LogP contribution is 2.26. The van der Waals surface area contributed by atoms with E-state index in [1.54, 1.807) is 0 Å². The molecular formula is C16H21ClN4OS. The number of aromatic nitrogens is 3. The van der Waals surface area contributed by atoms with E-state index in [0.29, 0.717) is 10.2 Å². The molecule has 0 fully saturated rings. The van der Waals surface area contributed by atoms with Gasteiger partial charge in [0.05, 0.1) is 5.25 Å². The summed E-state index contributed by atoms with van der Waals surface area (Å²) in [7, 11) is 1.89. The Labute approximate surface area is 145 Å². The topological polar surface area (TPSA) is 59.8 Å². The Kier molecular flexibility index (Phi) is 5.37. The molecule has 0 bridgehead atoms. The molecule has 0 saturated heterocycles. The Morgan fingerprint density at radius 1 is 1.26 bits per heavy atom. The average Bonchev–Trinajstić information content (AvgIpc) is 2.79. The zero-order valence-electron chi connectivity index (χ0n) is 13.9. The third kappa shape index (κ3) is 4.72. The van der Waals surface area contributed by atoms with Crippen molar-refractivity contribution in [3.05, 3.63) is 29.3 Å². The van der Waals surface area contributed by atoms with Crippen LogP contribution in [-0.4, -0.2) is 31.5 Å². The lowest BCUT2D eigenvalue weighted by atomic mass is 10.1. The van der Waals surface area contributed by atoms with E-state index in [9.17, 15) is 4.79 Å². The summed E-state index contributed by atoms with van der Waals surface area (Å²) in [6.07, 6.45) is 0. The smallest absolute Gasteiger partial charge is 0.233 e. The molecule has 23 heavy (non-hydrogen) atoms. The molecule has 0 aliphatic rings. The summed E-state index contributed by atoms with van der Waals surface area (Å²) < 4.78 is 1.88. The molecule has 0 saturated carbocycles. The number of hydrogen-bond donors (Lipinski definition) is 1. The van der Waals surface area contributed by atoms with Gasteiger partial charge in [-0.2, -0.15) is 0 Å². The van der Waals surface area contributed by atoms with Crippen molar-refractivity contribution in [2.24, 2.45) is 7.05 Å². The Morgan fingerprint density at radius 3 is 2.43 bits per heavy atom. The maximum Gasteiger partial charge on any atom is 0.233 e. The lowest BCUT2D eigenvalue weighted by molar-refractivity contribution is -0.121. The number of benzene rings is 1. The van der Waals surface area contributed by atoms with Crippen molar-refractivity contribution in [1.82, 2.24) is 20.1 Å². The molecule has 0 aliphatic heterocycles. The Bertz CT molecular complexity index is 691. The standard InChI is InChI=1S/C16H21ClN4OS/c1-10(14(22)18-16(2,3)4)23-15-20-19-13(21(15)5)11-6-8-12(17)9-7-11/h6-10H,1-5H3,(H,18,22). The fourth-order valence-corrected chi connectivity index (χ4v) is 2.89. The van der Waals surface area contributed by atoms with Crippen LogP contribution in [-0.2, 0) is 11.8 Å². The zero-order valence-corrected chi connectivity index (χ0v) is 15.5. The van der Waals surface area contributed by atoms with Crippen LogP contribution < -0.4 is 5.32 Å². The second-order valence-electron chi connectivity index (χ2n) is 6.37. The second kappa shape index (κ2) is 6.93. The third-order valence-corrected chi connectivity index (χ3v) is 4.47. The van der Waals surface area contributed by atoms with Crippen molar-refractivity contribution in [3.63, 3.8) is 0 Å². The number of nitrogens with one attached hydrogen (secondary N) is 1. The molecular weight excluding hydrogens is 332 g/mol. The molecule has 1 unspecified atom stereocenters. The molecule has 5 nitrogen and oxygen atoms in total. The number of amides is 1. The zero-order chi connectivity index (χ0) is 17.2. The summed E-state index contributed by atoms with van der Waals surface area (Å²) in [4.78, 5) is 12.2. The van der Waals surface area contributed by atoms with Crippen LogP contribution in [0, 0.1) is 0 Å².